The van der Waals surface area contributed by atoms with Crippen LogP contribution in [-0.2, 0) is 9.53 Å². The van der Waals surface area contributed by atoms with E-state index in [1.165, 1.54) is 11.0 Å². The number of carboxylic acid groups (broad SMARTS) is 1. The molecule has 1 heterocycles. The first-order valence-electron chi connectivity index (χ1n) is 5.36. The van der Waals surface area contributed by atoms with Gasteiger partial charge in [0.05, 0.1) is 0 Å². The number of aliphatic carboxylic acids is 1. The lowest BCUT2D eigenvalue weighted by molar-refractivity contribution is -0.144. The van der Waals surface area contributed by atoms with Gasteiger partial charge in [-0.3, -0.25) is 4.90 Å². The van der Waals surface area contributed by atoms with E-state index in [0.717, 1.165) is 12.8 Å². The Bertz CT molecular complexity index is 290. The van der Waals surface area contributed by atoms with Gasteiger partial charge in [0.1, 0.15) is 12.6 Å². The number of rotatable bonds is 3. The van der Waals surface area contributed by atoms with Crippen molar-refractivity contribution in [3.63, 3.8) is 0 Å². The lowest BCUT2D eigenvalue weighted by Crippen LogP contribution is -2.52. The second kappa shape index (κ2) is 5.53. The van der Waals surface area contributed by atoms with Gasteiger partial charge in [-0.1, -0.05) is 12.7 Å². The van der Waals surface area contributed by atoms with Gasteiger partial charge in [0.25, 0.3) is 0 Å². The van der Waals surface area contributed by atoms with Crippen LogP contribution in [0.3, 0.4) is 0 Å². The zero-order valence-electron chi connectivity index (χ0n) is 9.39. The van der Waals surface area contributed by atoms with E-state index in [-0.39, 0.29) is 12.6 Å². The van der Waals surface area contributed by atoms with Crippen LogP contribution >= 0.6 is 0 Å². The van der Waals surface area contributed by atoms with E-state index in [0.29, 0.717) is 6.42 Å². The molecule has 1 aliphatic heterocycles. The first kappa shape index (κ1) is 12.5. The van der Waals surface area contributed by atoms with Gasteiger partial charge in [-0.25, -0.2) is 9.59 Å². The fourth-order valence-corrected chi connectivity index (χ4v) is 1.95. The van der Waals surface area contributed by atoms with Crippen LogP contribution in [0.15, 0.2) is 12.7 Å². The summed E-state index contributed by atoms with van der Waals surface area (Å²) in [7, 11) is 0. The highest BCUT2D eigenvalue weighted by molar-refractivity contribution is 5.80. The number of carboxylic acids is 1. The number of carbonyl (C=O) groups is 2. The summed E-state index contributed by atoms with van der Waals surface area (Å²) in [4.78, 5) is 24.0. The molecule has 0 aromatic carbocycles. The Morgan fingerprint density at radius 3 is 2.81 bits per heavy atom. The molecule has 1 amide bonds. The van der Waals surface area contributed by atoms with E-state index >= 15 is 0 Å². The quantitative estimate of drug-likeness (QED) is 0.744. The molecular formula is C11H17NO4. The maximum atomic E-state index is 11.7. The van der Waals surface area contributed by atoms with Crippen molar-refractivity contribution in [3.8, 4) is 0 Å². The van der Waals surface area contributed by atoms with Gasteiger partial charge >= 0.3 is 12.1 Å². The summed E-state index contributed by atoms with van der Waals surface area (Å²) in [5, 5.41) is 9.03. The maximum absolute atomic E-state index is 11.7. The summed E-state index contributed by atoms with van der Waals surface area (Å²) in [6, 6.07) is -0.853. The Hall–Kier alpha value is -1.52. The highest BCUT2D eigenvalue weighted by atomic mass is 16.6. The Morgan fingerprint density at radius 1 is 1.56 bits per heavy atom. The molecule has 0 aliphatic carbocycles. The van der Waals surface area contributed by atoms with Gasteiger partial charge in [-0.2, -0.15) is 0 Å². The van der Waals surface area contributed by atoms with Crippen molar-refractivity contribution >= 4 is 12.1 Å². The lowest BCUT2D eigenvalue weighted by Gasteiger charge is -2.37. The summed E-state index contributed by atoms with van der Waals surface area (Å²) in [6.45, 7) is 5.38. The highest BCUT2D eigenvalue weighted by Crippen LogP contribution is 2.23. The molecule has 1 aliphatic rings. The number of amides is 1. The average Bonchev–Trinajstić information content (AvgIpc) is 2.25. The lowest BCUT2D eigenvalue weighted by atomic mass is 9.97. The van der Waals surface area contributed by atoms with Crippen molar-refractivity contribution < 1.29 is 19.4 Å². The average molecular weight is 227 g/mol. The maximum Gasteiger partial charge on any atom is 0.411 e. The number of hydrogen-bond donors (Lipinski definition) is 1. The van der Waals surface area contributed by atoms with E-state index in [1.54, 1.807) is 0 Å². The second-order valence-electron chi connectivity index (χ2n) is 3.91. The summed E-state index contributed by atoms with van der Waals surface area (Å²) in [5.74, 6) is -0.970. The van der Waals surface area contributed by atoms with Crippen molar-refractivity contribution in [1.29, 1.82) is 0 Å². The van der Waals surface area contributed by atoms with Crippen molar-refractivity contribution in [2.75, 3.05) is 6.61 Å². The van der Waals surface area contributed by atoms with E-state index in [2.05, 4.69) is 6.58 Å². The van der Waals surface area contributed by atoms with Gasteiger partial charge in [-0.15, -0.1) is 0 Å². The van der Waals surface area contributed by atoms with Gasteiger partial charge in [0.2, 0.25) is 0 Å². The SMILES string of the molecule is C=CCOC(=O)N1C(C)CCCC1C(=O)O. The summed E-state index contributed by atoms with van der Waals surface area (Å²) < 4.78 is 4.89. The Morgan fingerprint density at radius 2 is 2.25 bits per heavy atom. The third-order valence-electron chi connectivity index (χ3n) is 2.73. The van der Waals surface area contributed by atoms with Crippen LogP contribution in [0.2, 0.25) is 0 Å². The number of carbonyl (C=O) groups excluding carboxylic acids is 1. The van der Waals surface area contributed by atoms with Crippen LogP contribution in [-0.4, -0.2) is 40.8 Å². The summed E-state index contributed by atoms with van der Waals surface area (Å²) in [5.41, 5.74) is 0. The minimum Gasteiger partial charge on any atom is -0.480 e. The minimum absolute atomic E-state index is 0.0906. The molecule has 0 aromatic rings. The normalized spacial score (nSPS) is 24.9. The smallest absolute Gasteiger partial charge is 0.411 e. The minimum atomic E-state index is -0.970. The van der Waals surface area contributed by atoms with Crippen molar-refractivity contribution in [3.05, 3.63) is 12.7 Å². The van der Waals surface area contributed by atoms with Crippen LogP contribution in [0, 0.1) is 0 Å². The molecule has 0 saturated carbocycles. The molecule has 1 rings (SSSR count). The third-order valence-corrected chi connectivity index (χ3v) is 2.73. The Kier molecular flexibility index (Phi) is 4.34. The van der Waals surface area contributed by atoms with Gasteiger partial charge < -0.3 is 9.84 Å². The van der Waals surface area contributed by atoms with E-state index < -0.39 is 18.1 Å². The van der Waals surface area contributed by atoms with Crippen molar-refractivity contribution in [1.82, 2.24) is 4.90 Å². The third kappa shape index (κ3) is 2.74. The molecule has 5 nitrogen and oxygen atoms in total. The van der Waals surface area contributed by atoms with E-state index in [4.69, 9.17) is 9.84 Å². The van der Waals surface area contributed by atoms with Gasteiger partial charge in [0, 0.05) is 6.04 Å². The molecule has 5 heteroatoms. The van der Waals surface area contributed by atoms with Crippen LogP contribution in [0.1, 0.15) is 26.2 Å². The number of hydrogen-bond acceptors (Lipinski definition) is 3. The number of piperidine rings is 1. The zero-order valence-corrected chi connectivity index (χ0v) is 9.39. The van der Waals surface area contributed by atoms with E-state index in [1.807, 2.05) is 6.92 Å². The van der Waals surface area contributed by atoms with Gasteiger partial charge in [-0.05, 0) is 26.2 Å². The molecule has 0 spiro atoms. The second-order valence-corrected chi connectivity index (χ2v) is 3.91. The standard InChI is InChI=1S/C11H17NO4/c1-3-7-16-11(15)12-8(2)5-4-6-9(12)10(13)14/h3,8-9H,1,4-7H2,2H3,(H,13,14). The zero-order chi connectivity index (χ0) is 12.1. The largest absolute Gasteiger partial charge is 0.480 e. The van der Waals surface area contributed by atoms with Crippen LogP contribution in [0.4, 0.5) is 4.79 Å². The fourth-order valence-electron chi connectivity index (χ4n) is 1.95. The molecule has 1 fully saturated rings. The summed E-state index contributed by atoms with van der Waals surface area (Å²) in [6.07, 6.45) is 3.01. The molecule has 1 saturated heterocycles. The fraction of sp³-hybridized carbons (Fsp3) is 0.636. The van der Waals surface area contributed by atoms with Crippen molar-refractivity contribution in [2.45, 2.75) is 38.3 Å². The predicted octanol–water partition coefficient (Wildman–Crippen LogP) is 1.64. The van der Waals surface area contributed by atoms with Crippen molar-refractivity contribution in [2.24, 2.45) is 0 Å². The number of nitrogens with zero attached hydrogens (tertiary/aromatic N) is 1. The molecule has 0 bridgehead atoms. The van der Waals surface area contributed by atoms with E-state index in [9.17, 15) is 9.59 Å². The first-order valence-corrected chi connectivity index (χ1v) is 5.36. The predicted molar refractivity (Wildman–Crippen MR) is 58.1 cm³/mol. The Balaban J connectivity index is 2.73. The van der Waals surface area contributed by atoms with Crippen LogP contribution < -0.4 is 0 Å². The monoisotopic (exact) mass is 227 g/mol. The number of ether oxygens (including phenoxy) is 1. The molecule has 2 atom stereocenters. The Labute approximate surface area is 94.7 Å². The van der Waals surface area contributed by atoms with Crippen LogP contribution in [0.25, 0.3) is 0 Å². The van der Waals surface area contributed by atoms with Gasteiger partial charge in [0.15, 0.2) is 0 Å². The highest BCUT2D eigenvalue weighted by Gasteiger charge is 2.37. The molecule has 0 aromatic heterocycles. The molecule has 2 unspecified atom stereocenters. The van der Waals surface area contributed by atoms with Crippen LogP contribution in [0.5, 0.6) is 0 Å². The number of likely N-dealkylation sites (tertiary alicyclic amines) is 1. The summed E-state index contributed by atoms with van der Waals surface area (Å²) >= 11 is 0. The molecule has 0 radical (unpaired) electrons. The first-order chi connectivity index (χ1) is 7.57. The molecule has 90 valence electrons. The topological polar surface area (TPSA) is 66.8 Å². The molecular weight excluding hydrogens is 210 g/mol. The molecule has 16 heavy (non-hydrogen) atoms. The molecule has 1 N–H and O–H groups in total.